The monoisotopic (exact) mass is 333 g/mol. The third-order valence-electron chi connectivity index (χ3n) is 3.19. The van der Waals surface area contributed by atoms with Crippen LogP contribution in [0.2, 0.25) is 0 Å². The van der Waals surface area contributed by atoms with E-state index in [2.05, 4.69) is 0 Å². The average molecular weight is 333 g/mol. The zero-order chi connectivity index (χ0) is 16.9. The Bertz CT molecular complexity index is 755. The topological polar surface area (TPSA) is 63.7 Å². The molecule has 2 aromatic rings. The van der Waals surface area contributed by atoms with E-state index in [0.717, 1.165) is 4.31 Å². The van der Waals surface area contributed by atoms with Crippen LogP contribution in [0.15, 0.2) is 59.5 Å². The van der Waals surface area contributed by atoms with Crippen molar-refractivity contribution < 1.29 is 17.9 Å². The summed E-state index contributed by atoms with van der Waals surface area (Å²) in [5.41, 5.74) is 0.296. The van der Waals surface area contributed by atoms with E-state index < -0.39 is 15.9 Å². The predicted octanol–water partition coefficient (Wildman–Crippen LogP) is 3.22. The van der Waals surface area contributed by atoms with Crippen LogP contribution in [0.1, 0.15) is 20.3 Å². The molecule has 0 aliphatic heterocycles. The first kappa shape index (κ1) is 17.0. The van der Waals surface area contributed by atoms with Crippen LogP contribution in [-0.2, 0) is 14.8 Å². The van der Waals surface area contributed by atoms with Gasteiger partial charge < -0.3 is 4.74 Å². The van der Waals surface area contributed by atoms with Crippen LogP contribution in [0.25, 0.3) is 0 Å². The molecule has 0 atom stereocenters. The molecule has 0 N–H and O–H groups in total. The van der Waals surface area contributed by atoms with Crippen LogP contribution >= 0.6 is 0 Å². The van der Waals surface area contributed by atoms with Gasteiger partial charge in [-0.15, -0.1) is 0 Å². The molecule has 0 fully saturated rings. The molecule has 122 valence electrons. The molecule has 0 heterocycles. The SMILES string of the molecule is CCOc1ccc(N(C(=O)CC)S(=O)(=O)c2ccccc2)cc1. The summed E-state index contributed by atoms with van der Waals surface area (Å²) in [7, 11) is -3.95. The lowest BCUT2D eigenvalue weighted by Gasteiger charge is -2.22. The van der Waals surface area contributed by atoms with E-state index in [0.29, 0.717) is 18.0 Å². The number of carbonyl (C=O) groups is 1. The second-order valence-corrected chi connectivity index (χ2v) is 6.54. The smallest absolute Gasteiger partial charge is 0.270 e. The molecule has 0 aliphatic carbocycles. The summed E-state index contributed by atoms with van der Waals surface area (Å²) in [6.07, 6.45) is 0.0826. The number of carbonyl (C=O) groups excluding carboxylic acids is 1. The molecular formula is C17H19NO4S. The number of ether oxygens (including phenoxy) is 1. The van der Waals surface area contributed by atoms with Crippen LogP contribution < -0.4 is 9.04 Å². The Morgan fingerprint density at radius 2 is 1.61 bits per heavy atom. The van der Waals surface area contributed by atoms with Crippen molar-refractivity contribution in [1.82, 2.24) is 0 Å². The minimum absolute atomic E-state index is 0.0793. The lowest BCUT2D eigenvalue weighted by Crippen LogP contribution is -2.36. The van der Waals surface area contributed by atoms with Crippen LogP contribution in [0.5, 0.6) is 5.75 Å². The Kier molecular flexibility index (Phi) is 5.39. The third-order valence-corrected chi connectivity index (χ3v) is 4.96. The highest BCUT2D eigenvalue weighted by Crippen LogP contribution is 2.26. The number of benzene rings is 2. The highest BCUT2D eigenvalue weighted by Gasteiger charge is 2.29. The summed E-state index contributed by atoms with van der Waals surface area (Å²) in [6, 6.07) is 14.4. The van der Waals surface area contributed by atoms with Gasteiger partial charge in [0.1, 0.15) is 5.75 Å². The van der Waals surface area contributed by atoms with E-state index in [4.69, 9.17) is 4.74 Å². The molecule has 2 aromatic carbocycles. The van der Waals surface area contributed by atoms with E-state index >= 15 is 0 Å². The molecule has 0 radical (unpaired) electrons. The lowest BCUT2D eigenvalue weighted by atomic mass is 10.3. The van der Waals surface area contributed by atoms with Gasteiger partial charge in [0, 0.05) is 6.42 Å². The fourth-order valence-electron chi connectivity index (χ4n) is 2.10. The van der Waals surface area contributed by atoms with Crippen LogP contribution in [-0.4, -0.2) is 20.9 Å². The number of hydrogen-bond acceptors (Lipinski definition) is 4. The highest BCUT2D eigenvalue weighted by molar-refractivity contribution is 7.93. The van der Waals surface area contributed by atoms with Gasteiger partial charge in [-0.2, -0.15) is 0 Å². The zero-order valence-corrected chi connectivity index (χ0v) is 13.9. The Morgan fingerprint density at radius 3 is 2.13 bits per heavy atom. The maximum atomic E-state index is 12.8. The minimum atomic E-state index is -3.95. The summed E-state index contributed by atoms with van der Waals surface area (Å²) in [6.45, 7) is 4.00. The minimum Gasteiger partial charge on any atom is -0.494 e. The summed E-state index contributed by atoms with van der Waals surface area (Å²) in [5, 5.41) is 0. The van der Waals surface area contributed by atoms with Crippen LogP contribution in [0.3, 0.4) is 0 Å². The summed E-state index contributed by atoms with van der Waals surface area (Å²) >= 11 is 0. The molecule has 0 saturated carbocycles. The Labute approximate surface area is 136 Å². The first-order valence-electron chi connectivity index (χ1n) is 7.36. The first-order valence-corrected chi connectivity index (χ1v) is 8.80. The van der Waals surface area contributed by atoms with Gasteiger partial charge in [0.05, 0.1) is 17.2 Å². The molecular weight excluding hydrogens is 314 g/mol. The van der Waals surface area contributed by atoms with E-state index in [1.807, 2.05) is 6.92 Å². The van der Waals surface area contributed by atoms with Crippen molar-refractivity contribution in [2.75, 3.05) is 10.9 Å². The van der Waals surface area contributed by atoms with Crippen molar-refractivity contribution >= 4 is 21.6 Å². The third kappa shape index (κ3) is 3.71. The molecule has 0 unspecified atom stereocenters. The summed E-state index contributed by atoms with van der Waals surface area (Å²) in [5.74, 6) is 0.135. The molecule has 6 heteroatoms. The Morgan fingerprint density at radius 1 is 1.00 bits per heavy atom. The van der Waals surface area contributed by atoms with Crippen LogP contribution in [0.4, 0.5) is 5.69 Å². The number of rotatable bonds is 6. The van der Waals surface area contributed by atoms with Crippen molar-refractivity contribution in [2.45, 2.75) is 25.2 Å². The van der Waals surface area contributed by atoms with E-state index in [1.165, 1.54) is 12.1 Å². The predicted molar refractivity (Wildman–Crippen MR) is 89.0 cm³/mol. The Balaban J connectivity index is 2.47. The summed E-state index contributed by atoms with van der Waals surface area (Å²) < 4.78 is 31.8. The fourth-order valence-corrected chi connectivity index (χ4v) is 3.61. The number of anilines is 1. The number of amides is 1. The highest BCUT2D eigenvalue weighted by atomic mass is 32.2. The lowest BCUT2D eigenvalue weighted by molar-refractivity contribution is -0.117. The molecule has 0 aromatic heterocycles. The van der Waals surface area contributed by atoms with Crippen LogP contribution in [0, 0.1) is 0 Å². The second kappa shape index (κ2) is 7.28. The van der Waals surface area contributed by atoms with Gasteiger partial charge in [-0.1, -0.05) is 25.1 Å². The molecule has 0 aliphatic rings. The van der Waals surface area contributed by atoms with Gasteiger partial charge in [0.15, 0.2) is 0 Å². The van der Waals surface area contributed by atoms with E-state index in [-0.39, 0.29) is 11.3 Å². The maximum Gasteiger partial charge on any atom is 0.270 e. The van der Waals surface area contributed by atoms with Gasteiger partial charge in [-0.3, -0.25) is 4.79 Å². The molecule has 1 amide bonds. The molecule has 23 heavy (non-hydrogen) atoms. The molecule has 5 nitrogen and oxygen atoms in total. The molecule has 2 rings (SSSR count). The normalized spacial score (nSPS) is 11.0. The van der Waals surface area contributed by atoms with Crippen molar-refractivity contribution in [2.24, 2.45) is 0 Å². The summed E-state index contributed by atoms with van der Waals surface area (Å²) in [4.78, 5) is 12.3. The second-order valence-electron chi connectivity index (χ2n) is 4.76. The standard InChI is InChI=1S/C17H19NO4S/c1-3-17(19)18(14-10-12-15(13-11-14)22-4-2)23(20,21)16-8-6-5-7-9-16/h5-13H,3-4H2,1-2H3. The van der Waals surface area contributed by atoms with Gasteiger partial charge >= 0.3 is 0 Å². The molecule has 0 spiro atoms. The van der Waals surface area contributed by atoms with E-state index in [1.54, 1.807) is 49.4 Å². The largest absolute Gasteiger partial charge is 0.494 e. The first-order chi connectivity index (χ1) is 11.0. The van der Waals surface area contributed by atoms with Gasteiger partial charge in [-0.05, 0) is 43.3 Å². The van der Waals surface area contributed by atoms with Crippen molar-refractivity contribution in [3.05, 3.63) is 54.6 Å². The van der Waals surface area contributed by atoms with Crippen molar-refractivity contribution in [3.63, 3.8) is 0 Å². The van der Waals surface area contributed by atoms with Gasteiger partial charge in [-0.25, -0.2) is 12.7 Å². The number of hydrogen-bond donors (Lipinski definition) is 0. The average Bonchev–Trinajstić information content (AvgIpc) is 2.57. The zero-order valence-electron chi connectivity index (χ0n) is 13.1. The van der Waals surface area contributed by atoms with E-state index in [9.17, 15) is 13.2 Å². The van der Waals surface area contributed by atoms with Gasteiger partial charge in [0.25, 0.3) is 10.0 Å². The fraction of sp³-hybridized carbons (Fsp3) is 0.235. The molecule has 0 saturated heterocycles. The number of nitrogens with zero attached hydrogens (tertiary/aromatic N) is 1. The van der Waals surface area contributed by atoms with Crippen molar-refractivity contribution in [3.8, 4) is 5.75 Å². The maximum absolute atomic E-state index is 12.8. The molecule has 0 bridgehead atoms. The van der Waals surface area contributed by atoms with Gasteiger partial charge in [0.2, 0.25) is 5.91 Å². The quantitative estimate of drug-likeness (QED) is 0.814. The number of sulfonamides is 1. The van der Waals surface area contributed by atoms with Crippen molar-refractivity contribution in [1.29, 1.82) is 0 Å². The Hall–Kier alpha value is -2.34.